The third kappa shape index (κ3) is 4.29. The number of hydrogen-bond acceptors (Lipinski definition) is 1. The van der Waals surface area contributed by atoms with Crippen molar-refractivity contribution < 1.29 is 0 Å². The summed E-state index contributed by atoms with van der Waals surface area (Å²) in [6.07, 6.45) is 2.42. The van der Waals surface area contributed by atoms with Crippen LogP contribution in [-0.2, 0) is 6.54 Å². The first kappa shape index (κ1) is 14.0. The van der Waals surface area contributed by atoms with Crippen LogP contribution < -0.4 is 4.90 Å². The maximum absolute atomic E-state index is 5.94. The monoisotopic (exact) mass is 273 g/mol. The third-order valence-electron chi connectivity index (χ3n) is 3.19. The summed E-state index contributed by atoms with van der Waals surface area (Å²) >= 11 is 5.94. The summed E-state index contributed by atoms with van der Waals surface area (Å²) < 4.78 is 0. The molecule has 0 heterocycles. The summed E-state index contributed by atoms with van der Waals surface area (Å²) in [6.45, 7) is 4.25. The van der Waals surface area contributed by atoms with Crippen molar-refractivity contribution in [2.45, 2.75) is 26.3 Å². The predicted octanol–water partition coefficient (Wildman–Crippen LogP) is 5.15. The number of para-hydroxylation sites is 1. The standard InChI is InChI=1S/C17H20ClN/c1-2-3-13-19(17-7-5-4-6-8-17)14-15-9-11-16(18)12-10-15/h4-12H,2-3,13-14H2,1H3. The molecule has 19 heavy (non-hydrogen) atoms. The van der Waals surface area contributed by atoms with Crippen LogP contribution in [0.25, 0.3) is 0 Å². The topological polar surface area (TPSA) is 3.24 Å². The average Bonchev–Trinajstić information content (AvgIpc) is 2.46. The molecule has 0 saturated carbocycles. The number of hydrogen-bond donors (Lipinski definition) is 0. The Kier molecular flexibility index (Phi) is 5.29. The highest BCUT2D eigenvalue weighted by molar-refractivity contribution is 6.30. The summed E-state index contributed by atoms with van der Waals surface area (Å²) in [5.41, 5.74) is 2.58. The maximum atomic E-state index is 5.94. The molecule has 0 amide bonds. The molecule has 0 aliphatic rings. The smallest absolute Gasteiger partial charge is 0.0429 e. The van der Waals surface area contributed by atoms with Crippen LogP contribution in [-0.4, -0.2) is 6.54 Å². The van der Waals surface area contributed by atoms with E-state index in [0.717, 1.165) is 18.1 Å². The second-order valence-corrected chi connectivity index (χ2v) is 5.17. The van der Waals surface area contributed by atoms with Gasteiger partial charge in [-0.2, -0.15) is 0 Å². The highest BCUT2D eigenvalue weighted by Gasteiger charge is 2.06. The van der Waals surface area contributed by atoms with Crippen LogP contribution in [0.5, 0.6) is 0 Å². The van der Waals surface area contributed by atoms with E-state index in [1.54, 1.807) is 0 Å². The first-order valence-corrected chi connectivity index (χ1v) is 7.22. The number of benzene rings is 2. The Morgan fingerprint density at radius 2 is 1.63 bits per heavy atom. The van der Waals surface area contributed by atoms with E-state index in [-0.39, 0.29) is 0 Å². The molecule has 2 aromatic carbocycles. The molecule has 0 aromatic heterocycles. The molecular formula is C17H20ClN. The lowest BCUT2D eigenvalue weighted by molar-refractivity contribution is 0.716. The van der Waals surface area contributed by atoms with Gasteiger partial charge in [-0.15, -0.1) is 0 Å². The Bertz CT molecular complexity index is 478. The van der Waals surface area contributed by atoms with Crippen molar-refractivity contribution in [2.24, 2.45) is 0 Å². The zero-order valence-electron chi connectivity index (χ0n) is 11.3. The highest BCUT2D eigenvalue weighted by atomic mass is 35.5. The summed E-state index contributed by atoms with van der Waals surface area (Å²) in [4.78, 5) is 2.42. The number of rotatable bonds is 6. The first-order chi connectivity index (χ1) is 9.29. The Morgan fingerprint density at radius 1 is 0.947 bits per heavy atom. The molecule has 2 heteroatoms. The summed E-state index contributed by atoms with van der Waals surface area (Å²) in [5, 5.41) is 0.795. The number of nitrogens with zero attached hydrogens (tertiary/aromatic N) is 1. The lowest BCUT2D eigenvalue weighted by Gasteiger charge is -2.25. The molecule has 0 aliphatic heterocycles. The highest BCUT2D eigenvalue weighted by Crippen LogP contribution is 2.18. The number of anilines is 1. The van der Waals surface area contributed by atoms with Gasteiger partial charge in [0, 0.05) is 23.8 Å². The fourth-order valence-corrected chi connectivity index (χ4v) is 2.22. The first-order valence-electron chi connectivity index (χ1n) is 6.84. The van der Waals surface area contributed by atoms with Gasteiger partial charge < -0.3 is 4.90 Å². The predicted molar refractivity (Wildman–Crippen MR) is 83.9 cm³/mol. The lowest BCUT2D eigenvalue weighted by Crippen LogP contribution is -2.23. The Hall–Kier alpha value is -1.47. The molecule has 2 rings (SSSR count). The second kappa shape index (κ2) is 7.20. The quantitative estimate of drug-likeness (QED) is 0.704. The molecule has 0 aliphatic carbocycles. The van der Waals surface area contributed by atoms with Crippen molar-refractivity contribution in [2.75, 3.05) is 11.4 Å². The molecule has 2 aromatic rings. The van der Waals surface area contributed by atoms with E-state index >= 15 is 0 Å². The largest absolute Gasteiger partial charge is 0.367 e. The van der Waals surface area contributed by atoms with Crippen molar-refractivity contribution in [1.29, 1.82) is 0 Å². The van der Waals surface area contributed by atoms with Crippen LogP contribution in [0.1, 0.15) is 25.3 Å². The van der Waals surface area contributed by atoms with Gasteiger partial charge in [0.2, 0.25) is 0 Å². The van der Waals surface area contributed by atoms with Gasteiger partial charge >= 0.3 is 0 Å². The Morgan fingerprint density at radius 3 is 2.26 bits per heavy atom. The van der Waals surface area contributed by atoms with E-state index in [4.69, 9.17) is 11.6 Å². The van der Waals surface area contributed by atoms with Gasteiger partial charge in [0.15, 0.2) is 0 Å². The van der Waals surface area contributed by atoms with E-state index in [9.17, 15) is 0 Å². The molecule has 0 fully saturated rings. The molecule has 0 saturated heterocycles. The van der Waals surface area contributed by atoms with Crippen LogP contribution in [0.4, 0.5) is 5.69 Å². The Labute approximate surface area is 120 Å². The second-order valence-electron chi connectivity index (χ2n) is 4.74. The summed E-state index contributed by atoms with van der Waals surface area (Å²) in [7, 11) is 0. The van der Waals surface area contributed by atoms with E-state index in [2.05, 4.69) is 54.3 Å². The van der Waals surface area contributed by atoms with E-state index < -0.39 is 0 Å². The minimum atomic E-state index is 0.795. The molecule has 100 valence electrons. The zero-order chi connectivity index (χ0) is 13.5. The van der Waals surface area contributed by atoms with Crippen LogP contribution in [0, 0.1) is 0 Å². The number of halogens is 1. The van der Waals surface area contributed by atoms with Gasteiger partial charge in [-0.1, -0.05) is 55.3 Å². The van der Waals surface area contributed by atoms with Gasteiger partial charge in [-0.25, -0.2) is 0 Å². The minimum absolute atomic E-state index is 0.795. The Balaban J connectivity index is 2.11. The zero-order valence-corrected chi connectivity index (χ0v) is 12.1. The molecule has 0 bridgehead atoms. The average molecular weight is 274 g/mol. The van der Waals surface area contributed by atoms with Crippen LogP contribution in [0.2, 0.25) is 5.02 Å². The van der Waals surface area contributed by atoms with E-state index in [1.807, 2.05) is 12.1 Å². The van der Waals surface area contributed by atoms with Crippen molar-refractivity contribution >= 4 is 17.3 Å². The molecule has 0 spiro atoms. The SMILES string of the molecule is CCCCN(Cc1ccc(Cl)cc1)c1ccccc1. The fourth-order valence-electron chi connectivity index (χ4n) is 2.10. The summed E-state index contributed by atoms with van der Waals surface area (Å²) in [5.74, 6) is 0. The molecule has 0 radical (unpaired) electrons. The number of unbranched alkanes of at least 4 members (excludes halogenated alkanes) is 1. The van der Waals surface area contributed by atoms with Gasteiger partial charge in [-0.05, 0) is 36.2 Å². The van der Waals surface area contributed by atoms with Crippen LogP contribution in [0.15, 0.2) is 54.6 Å². The van der Waals surface area contributed by atoms with Crippen molar-refractivity contribution in [3.05, 3.63) is 65.2 Å². The molecule has 1 nitrogen and oxygen atoms in total. The van der Waals surface area contributed by atoms with Crippen LogP contribution in [0.3, 0.4) is 0 Å². The molecular weight excluding hydrogens is 254 g/mol. The van der Waals surface area contributed by atoms with Gasteiger partial charge in [0.05, 0.1) is 0 Å². The van der Waals surface area contributed by atoms with Crippen molar-refractivity contribution in [3.8, 4) is 0 Å². The minimum Gasteiger partial charge on any atom is -0.367 e. The van der Waals surface area contributed by atoms with Gasteiger partial charge in [0.25, 0.3) is 0 Å². The van der Waals surface area contributed by atoms with Crippen molar-refractivity contribution in [1.82, 2.24) is 0 Å². The maximum Gasteiger partial charge on any atom is 0.0429 e. The molecule has 0 unspecified atom stereocenters. The lowest BCUT2D eigenvalue weighted by atomic mass is 10.2. The normalized spacial score (nSPS) is 10.4. The molecule has 0 N–H and O–H groups in total. The van der Waals surface area contributed by atoms with Crippen LogP contribution >= 0.6 is 11.6 Å². The summed E-state index contributed by atoms with van der Waals surface area (Å²) in [6, 6.07) is 18.7. The van der Waals surface area contributed by atoms with E-state index in [1.165, 1.54) is 24.1 Å². The van der Waals surface area contributed by atoms with Crippen molar-refractivity contribution in [3.63, 3.8) is 0 Å². The van der Waals surface area contributed by atoms with E-state index in [0.29, 0.717) is 0 Å². The van der Waals surface area contributed by atoms with Gasteiger partial charge in [-0.3, -0.25) is 0 Å². The third-order valence-corrected chi connectivity index (χ3v) is 3.44. The van der Waals surface area contributed by atoms with Gasteiger partial charge in [0.1, 0.15) is 0 Å². The fraction of sp³-hybridized carbons (Fsp3) is 0.294. The molecule has 0 atom stereocenters.